The molecule has 2 aliphatic heterocycles. The molecule has 0 radical (unpaired) electrons. The minimum Gasteiger partial charge on any atom is -0.370 e. The highest BCUT2D eigenvalue weighted by Gasteiger charge is 2.33. The van der Waals surface area contributed by atoms with Gasteiger partial charge in [0.05, 0.1) is 17.6 Å². The molecule has 0 N–H and O–H groups in total. The lowest BCUT2D eigenvalue weighted by molar-refractivity contribution is -0.117. The fourth-order valence-electron chi connectivity index (χ4n) is 3.27. The Bertz CT molecular complexity index is 672. The van der Waals surface area contributed by atoms with E-state index in [4.69, 9.17) is 10.7 Å². The van der Waals surface area contributed by atoms with E-state index in [0.29, 0.717) is 12.4 Å². The second-order valence-electron chi connectivity index (χ2n) is 6.20. The summed E-state index contributed by atoms with van der Waals surface area (Å²) in [5.74, 6) is 0.0233. The van der Waals surface area contributed by atoms with Crippen molar-refractivity contribution < 1.29 is 13.2 Å². The van der Waals surface area contributed by atoms with Crippen LogP contribution in [-0.4, -0.2) is 44.7 Å². The van der Waals surface area contributed by atoms with Gasteiger partial charge in [0.15, 0.2) is 0 Å². The van der Waals surface area contributed by atoms with E-state index in [0.717, 1.165) is 18.8 Å². The largest absolute Gasteiger partial charge is 0.370 e. The number of aromatic nitrogens is 1. The van der Waals surface area contributed by atoms with Gasteiger partial charge in [-0.1, -0.05) is 0 Å². The van der Waals surface area contributed by atoms with Gasteiger partial charge in [0.1, 0.15) is 5.82 Å². The summed E-state index contributed by atoms with van der Waals surface area (Å²) in [4.78, 5) is 20.3. The number of rotatable bonds is 4. The third-order valence-corrected chi connectivity index (χ3v) is 5.62. The van der Waals surface area contributed by atoms with Crippen LogP contribution in [0.25, 0.3) is 0 Å². The predicted octanol–water partition coefficient (Wildman–Crippen LogP) is 1.99. The molecule has 0 aromatic carbocycles. The summed E-state index contributed by atoms with van der Waals surface area (Å²) in [6.45, 7) is 2.43. The Morgan fingerprint density at radius 3 is 2.57 bits per heavy atom. The van der Waals surface area contributed by atoms with Crippen molar-refractivity contribution in [3.63, 3.8) is 0 Å². The number of hydrogen-bond acceptors (Lipinski definition) is 5. The first-order valence-electron chi connectivity index (χ1n) is 7.86. The molecule has 1 aromatic rings. The standard InChI is InChI=1S/C15H20ClN3O3S/c16-23(21,22)11-12-8-15(20)19(10-12)14-5-4-13(9-17-14)18-6-2-1-3-7-18/h4-5,9,12H,1-3,6-8,10-11H2. The van der Waals surface area contributed by atoms with E-state index in [2.05, 4.69) is 9.88 Å². The third kappa shape index (κ3) is 4.14. The number of piperidine rings is 1. The lowest BCUT2D eigenvalue weighted by Gasteiger charge is -2.28. The summed E-state index contributed by atoms with van der Waals surface area (Å²) in [5, 5.41) is 0. The zero-order chi connectivity index (χ0) is 16.4. The van der Waals surface area contributed by atoms with Crippen molar-refractivity contribution in [2.24, 2.45) is 5.92 Å². The monoisotopic (exact) mass is 357 g/mol. The smallest absolute Gasteiger partial charge is 0.232 e. The summed E-state index contributed by atoms with van der Waals surface area (Å²) < 4.78 is 22.3. The van der Waals surface area contributed by atoms with Gasteiger partial charge in [-0.15, -0.1) is 0 Å². The molecule has 1 aromatic heterocycles. The minimum atomic E-state index is -3.59. The maximum absolute atomic E-state index is 12.1. The second-order valence-corrected chi connectivity index (χ2v) is 9.02. The van der Waals surface area contributed by atoms with Crippen molar-refractivity contribution in [1.29, 1.82) is 0 Å². The average molecular weight is 358 g/mol. The van der Waals surface area contributed by atoms with Crippen LogP contribution < -0.4 is 9.80 Å². The van der Waals surface area contributed by atoms with Crippen molar-refractivity contribution in [2.45, 2.75) is 25.7 Å². The van der Waals surface area contributed by atoms with E-state index >= 15 is 0 Å². The number of pyridine rings is 1. The van der Waals surface area contributed by atoms with Gasteiger partial charge in [-0.3, -0.25) is 9.69 Å². The number of amides is 1. The average Bonchev–Trinajstić information content (AvgIpc) is 2.87. The van der Waals surface area contributed by atoms with Crippen LogP contribution in [0, 0.1) is 5.92 Å². The zero-order valence-electron chi connectivity index (χ0n) is 12.8. The highest BCUT2D eigenvalue weighted by Crippen LogP contribution is 2.27. The normalized spacial score (nSPS) is 22.7. The molecule has 3 rings (SSSR count). The first-order valence-corrected chi connectivity index (χ1v) is 10.3. The van der Waals surface area contributed by atoms with E-state index in [9.17, 15) is 13.2 Å². The van der Waals surface area contributed by atoms with Crippen LogP contribution in [0.5, 0.6) is 0 Å². The first kappa shape index (κ1) is 16.5. The maximum atomic E-state index is 12.1. The Labute approximate surface area is 140 Å². The molecule has 6 nitrogen and oxygen atoms in total. The van der Waals surface area contributed by atoms with Crippen LogP contribution >= 0.6 is 10.7 Å². The van der Waals surface area contributed by atoms with Crippen molar-refractivity contribution in [1.82, 2.24) is 4.98 Å². The van der Waals surface area contributed by atoms with Gasteiger partial charge in [0.25, 0.3) is 0 Å². The van der Waals surface area contributed by atoms with E-state index < -0.39 is 9.05 Å². The lowest BCUT2D eigenvalue weighted by atomic mass is 10.1. The fraction of sp³-hybridized carbons (Fsp3) is 0.600. The van der Waals surface area contributed by atoms with Gasteiger partial charge < -0.3 is 4.90 Å². The Kier molecular flexibility index (Phi) is 4.77. The van der Waals surface area contributed by atoms with Gasteiger partial charge in [0, 0.05) is 42.7 Å². The predicted molar refractivity (Wildman–Crippen MR) is 90.4 cm³/mol. The van der Waals surface area contributed by atoms with Crippen molar-refractivity contribution >= 4 is 37.1 Å². The van der Waals surface area contributed by atoms with Crippen LogP contribution in [-0.2, 0) is 13.8 Å². The number of nitrogens with zero attached hydrogens (tertiary/aromatic N) is 3. The lowest BCUT2D eigenvalue weighted by Crippen LogP contribution is -2.30. The first-order chi connectivity index (χ1) is 10.9. The van der Waals surface area contributed by atoms with Gasteiger partial charge in [-0.2, -0.15) is 0 Å². The number of carbonyl (C=O) groups excluding carboxylic acids is 1. The zero-order valence-corrected chi connectivity index (χ0v) is 14.4. The molecule has 1 amide bonds. The summed E-state index contributed by atoms with van der Waals surface area (Å²) in [6, 6.07) is 3.81. The van der Waals surface area contributed by atoms with Crippen LogP contribution in [0.1, 0.15) is 25.7 Å². The highest BCUT2D eigenvalue weighted by molar-refractivity contribution is 8.13. The SMILES string of the molecule is O=C1CC(CS(=O)(=O)Cl)CN1c1ccc(N2CCCCC2)cn1. The van der Waals surface area contributed by atoms with Crippen molar-refractivity contribution in [2.75, 3.05) is 35.2 Å². The molecule has 3 heterocycles. The fourth-order valence-corrected chi connectivity index (χ4v) is 4.59. The van der Waals surface area contributed by atoms with Crippen molar-refractivity contribution in [3.8, 4) is 0 Å². The molecule has 0 saturated carbocycles. The molecular formula is C15H20ClN3O3S. The third-order valence-electron chi connectivity index (χ3n) is 4.37. The van der Waals surface area contributed by atoms with E-state index in [1.54, 1.807) is 11.1 Å². The molecule has 1 unspecified atom stereocenters. The summed E-state index contributed by atoms with van der Waals surface area (Å²) in [7, 11) is 1.69. The van der Waals surface area contributed by atoms with Crippen molar-refractivity contribution in [3.05, 3.63) is 18.3 Å². The Balaban J connectivity index is 1.68. The number of carbonyl (C=O) groups is 1. The Morgan fingerprint density at radius 1 is 1.22 bits per heavy atom. The van der Waals surface area contributed by atoms with Crippen LogP contribution in [0.3, 0.4) is 0 Å². The molecule has 2 aliphatic rings. The molecule has 126 valence electrons. The van der Waals surface area contributed by atoms with E-state index in [-0.39, 0.29) is 24.0 Å². The Hall–Kier alpha value is -1.34. The molecule has 8 heteroatoms. The summed E-state index contributed by atoms with van der Waals surface area (Å²) in [5.41, 5.74) is 1.07. The minimum absolute atomic E-state index is 0.103. The van der Waals surface area contributed by atoms with Crippen LogP contribution in [0.15, 0.2) is 18.3 Å². The number of hydrogen-bond donors (Lipinski definition) is 0. The number of halogens is 1. The van der Waals surface area contributed by atoms with Gasteiger partial charge in [0.2, 0.25) is 15.0 Å². The second kappa shape index (κ2) is 6.65. The molecule has 1 atom stereocenters. The van der Waals surface area contributed by atoms with Crippen LogP contribution in [0.4, 0.5) is 11.5 Å². The van der Waals surface area contributed by atoms with E-state index in [1.807, 2.05) is 12.1 Å². The molecule has 0 spiro atoms. The van der Waals surface area contributed by atoms with Crippen LogP contribution in [0.2, 0.25) is 0 Å². The molecule has 23 heavy (non-hydrogen) atoms. The van der Waals surface area contributed by atoms with Gasteiger partial charge >= 0.3 is 0 Å². The Morgan fingerprint density at radius 2 is 1.96 bits per heavy atom. The molecule has 2 saturated heterocycles. The van der Waals surface area contributed by atoms with E-state index in [1.165, 1.54) is 19.3 Å². The molecular weight excluding hydrogens is 338 g/mol. The molecule has 2 fully saturated rings. The maximum Gasteiger partial charge on any atom is 0.232 e. The van der Waals surface area contributed by atoms with Gasteiger partial charge in [-0.05, 0) is 31.4 Å². The number of anilines is 2. The quantitative estimate of drug-likeness (QED) is 0.771. The topological polar surface area (TPSA) is 70.6 Å². The summed E-state index contributed by atoms with van der Waals surface area (Å²) >= 11 is 0. The highest BCUT2D eigenvalue weighted by atomic mass is 35.7. The summed E-state index contributed by atoms with van der Waals surface area (Å²) in [6.07, 6.45) is 5.65. The molecule has 0 bridgehead atoms. The van der Waals surface area contributed by atoms with Gasteiger partial charge in [-0.25, -0.2) is 13.4 Å². The molecule has 0 aliphatic carbocycles.